The van der Waals surface area contributed by atoms with Gasteiger partial charge in [-0.15, -0.1) is 0 Å². The van der Waals surface area contributed by atoms with Crippen LogP contribution in [0, 0.1) is 0 Å². The lowest BCUT2D eigenvalue weighted by atomic mass is 10.0. The van der Waals surface area contributed by atoms with Crippen LogP contribution in [0.5, 0.6) is 0 Å². The minimum Gasteiger partial charge on any atom is -0.469 e. The second kappa shape index (κ2) is 7.41. The molecule has 1 aromatic rings. The zero-order chi connectivity index (χ0) is 14.3. The summed E-state index contributed by atoms with van der Waals surface area (Å²) in [6, 6.07) is 8.68. The molecule has 0 heterocycles. The van der Waals surface area contributed by atoms with Gasteiger partial charge < -0.3 is 15.4 Å². The van der Waals surface area contributed by atoms with Crippen LogP contribution >= 0.6 is 0 Å². The fourth-order valence-electron chi connectivity index (χ4n) is 1.65. The zero-order valence-electron chi connectivity index (χ0n) is 11.5. The van der Waals surface area contributed by atoms with Gasteiger partial charge in [0.25, 0.3) is 0 Å². The number of hydrogen-bond donors (Lipinski definition) is 2. The molecular weight excluding hydrogens is 244 g/mol. The second-order valence-corrected chi connectivity index (χ2v) is 4.52. The Morgan fingerprint density at radius 3 is 2.32 bits per heavy atom. The molecule has 0 aliphatic carbocycles. The maximum Gasteiger partial charge on any atom is 0.315 e. The monoisotopic (exact) mass is 264 g/mol. The predicted molar refractivity (Wildman–Crippen MR) is 72.6 cm³/mol. The van der Waals surface area contributed by atoms with Gasteiger partial charge in [-0.3, -0.25) is 4.79 Å². The Bertz CT molecular complexity index is 418. The van der Waals surface area contributed by atoms with E-state index in [2.05, 4.69) is 15.4 Å². The first-order valence-electron chi connectivity index (χ1n) is 6.21. The van der Waals surface area contributed by atoms with Crippen LogP contribution in [-0.4, -0.2) is 25.2 Å². The summed E-state index contributed by atoms with van der Waals surface area (Å²) in [6.07, 6.45) is 0.103. The highest BCUT2D eigenvalue weighted by atomic mass is 16.5. The van der Waals surface area contributed by atoms with Crippen molar-refractivity contribution in [2.24, 2.45) is 0 Å². The summed E-state index contributed by atoms with van der Waals surface area (Å²) in [7, 11) is 1.33. The van der Waals surface area contributed by atoms with E-state index < -0.39 is 6.04 Å². The number of esters is 1. The van der Waals surface area contributed by atoms with E-state index >= 15 is 0 Å². The Labute approximate surface area is 113 Å². The van der Waals surface area contributed by atoms with E-state index in [1.54, 1.807) is 0 Å². The van der Waals surface area contributed by atoms with E-state index in [9.17, 15) is 9.59 Å². The van der Waals surface area contributed by atoms with Crippen molar-refractivity contribution in [2.75, 3.05) is 7.11 Å². The number of urea groups is 1. The third-order valence-electron chi connectivity index (χ3n) is 2.53. The van der Waals surface area contributed by atoms with Crippen LogP contribution < -0.4 is 10.6 Å². The molecule has 0 aromatic heterocycles. The van der Waals surface area contributed by atoms with Crippen LogP contribution in [0.25, 0.3) is 0 Å². The molecule has 0 saturated carbocycles. The van der Waals surface area contributed by atoms with Gasteiger partial charge in [0.05, 0.1) is 19.6 Å². The Kier molecular flexibility index (Phi) is 5.85. The molecule has 104 valence electrons. The zero-order valence-corrected chi connectivity index (χ0v) is 11.5. The van der Waals surface area contributed by atoms with Crippen LogP contribution in [0.4, 0.5) is 4.79 Å². The second-order valence-electron chi connectivity index (χ2n) is 4.52. The van der Waals surface area contributed by atoms with Gasteiger partial charge in [0.2, 0.25) is 0 Å². The van der Waals surface area contributed by atoms with Crippen molar-refractivity contribution in [1.29, 1.82) is 0 Å². The van der Waals surface area contributed by atoms with Crippen LogP contribution in [0.2, 0.25) is 0 Å². The molecule has 0 bridgehead atoms. The lowest BCUT2D eigenvalue weighted by Crippen LogP contribution is -2.41. The first kappa shape index (κ1) is 15.0. The summed E-state index contributed by atoms with van der Waals surface area (Å²) in [4.78, 5) is 23.1. The number of nitrogens with one attached hydrogen (secondary N) is 2. The Hall–Kier alpha value is -2.04. The molecule has 19 heavy (non-hydrogen) atoms. The number of ether oxygens (including phenoxy) is 1. The van der Waals surface area contributed by atoms with Crippen molar-refractivity contribution < 1.29 is 14.3 Å². The smallest absolute Gasteiger partial charge is 0.315 e. The summed E-state index contributed by atoms with van der Waals surface area (Å²) in [6.45, 7) is 3.74. The molecule has 0 radical (unpaired) electrons. The number of amides is 2. The predicted octanol–water partition coefficient (Wildman–Crippen LogP) is 2.00. The number of methoxy groups -OCH3 is 1. The molecule has 2 N–H and O–H groups in total. The Morgan fingerprint density at radius 2 is 1.79 bits per heavy atom. The number of benzene rings is 1. The fraction of sp³-hybridized carbons (Fsp3) is 0.429. The SMILES string of the molecule is COC(=O)CC(NC(=O)NC(C)C)c1ccccc1. The summed E-state index contributed by atoms with van der Waals surface area (Å²) in [5.74, 6) is -0.362. The molecule has 5 heteroatoms. The first-order chi connectivity index (χ1) is 9.02. The van der Waals surface area contributed by atoms with E-state index in [0.29, 0.717) is 0 Å². The molecule has 2 amide bonds. The van der Waals surface area contributed by atoms with Gasteiger partial charge in [-0.05, 0) is 19.4 Å². The molecule has 0 saturated heterocycles. The van der Waals surface area contributed by atoms with Gasteiger partial charge in [-0.2, -0.15) is 0 Å². The maximum atomic E-state index is 11.7. The van der Waals surface area contributed by atoms with Crippen LogP contribution in [0.15, 0.2) is 30.3 Å². The van der Waals surface area contributed by atoms with E-state index in [1.165, 1.54) is 7.11 Å². The van der Waals surface area contributed by atoms with Crippen molar-refractivity contribution >= 4 is 12.0 Å². The molecule has 1 aromatic carbocycles. The molecule has 1 rings (SSSR count). The van der Waals surface area contributed by atoms with Gasteiger partial charge in [-0.25, -0.2) is 4.79 Å². The molecule has 1 atom stereocenters. The highest BCUT2D eigenvalue weighted by Crippen LogP contribution is 2.16. The average molecular weight is 264 g/mol. The number of carbonyl (C=O) groups excluding carboxylic acids is 2. The van der Waals surface area contributed by atoms with Crippen LogP contribution in [-0.2, 0) is 9.53 Å². The number of hydrogen-bond acceptors (Lipinski definition) is 3. The minimum atomic E-state index is -0.396. The van der Waals surface area contributed by atoms with E-state index in [1.807, 2.05) is 44.2 Å². The van der Waals surface area contributed by atoms with Gasteiger partial charge >= 0.3 is 12.0 Å². The van der Waals surface area contributed by atoms with Crippen LogP contribution in [0.1, 0.15) is 31.9 Å². The van der Waals surface area contributed by atoms with Crippen LogP contribution in [0.3, 0.4) is 0 Å². The quantitative estimate of drug-likeness (QED) is 0.799. The van der Waals surface area contributed by atoms with E-state index in [4.69, 9.17) is 0 Å². The molecule has 0 spiro atoms. The third kappa shape index (κ3) is 5.42. The molecule has 5 nitrogen and oxygen atoms in total. The van der Waals surface area contributed by atoms with Crippen molar-refractivity contribution in [3.63, 3.8) is 0 Å². The largest absolute Gasteiger partial charge is 0.469 e. The Balaban J connectivity index is 2.75. The van der Waals surface area contributed by atoms with Gasteiger partial charge in [0, 0.05) is 6.04 Å². The summed E-state index contributed by atoms with van der Waals surface area (Å²) in [5, 5.41) is 5.51. The molecule has 0 aliphatic heterocycles. The lowest BCUT2D eigenvalue weighted by molar-refractivity contribution is -0.141. The van der Waals surface area contributed by atoms with Gasteiger partial charge in [0.15, 0.2) is 0 Å². The third-order valence-corrected chi connectivity index (χ3v) is 2.53. The lowest BCUT2D eigenvalue weighted by Gasteiger charge is -2.19. The molecule has 1 unspecified atom stereocenters. The number of carbonyl (C=O) groups is 2. The van der Waals surface area contributed by atoms with Crippen molar-refractivity contribution in [1.82, 2.24) is 10.6 Å². The fourth-order valence-corrected chi connectivity index (χ4v) is 1.65. The number of rotatable bonds is 5. The molecule has 0 fully saturated rings. The Morgan fingerprint density at radius 1 is 1.16 bits per heavy atom. The highest BCUT2D eigenvalue weighted by molar-refractivity contribution is 5.76. The molecular formula is C14H20N2O3. The van der Waals surface area contributed by atoms with Gasteiger partial charge in [-0.1, -0.05) is 30.3 Å². The molecule has 0 aliphatic rings. The summed E-state index contributed by atoms with van der Waals surface area (Å²) < 4.78 is 4.65. The van der Waals surface area contributed by atoms with Gasteiger partial charge in [0.1, 0.15) is 0 Å². The van der Waals surface area contributed by atoms with Crippen molar-refractivity contribution in [2.45, 2.75) is 32.4 Å². The van der Waals surface area contributed by atoms with E-state index in [-0.39, 0.29) is 24.5 Å². The summed E-state index contributed by atoms with van der Waals surface area (Å²) in [5.41, 5.74) is 0.867. The first-order valence-corrected chi connectivity index (χ1v) is 6.21. The minimum absolute atomic E-state index is 0.0366. The van der Waals surface area contributed by atoms with Crippen molar-refractivity contribution in [3.8, 4) is 0 Å². The average Bonchev–Trinajstić information content (AvgIpc) is 2.37. The summed E-state index contributed by atoms with van der Waals surface area (Å²) >= 11 is 0. The van der Waals surface area contributed by atoms with Crippen molar-refractivity contribution in [3.05, 3.63) is 35.9 Å². The maximum absolute atomic E-state index is 11.7. The highest BCUT2D eigenvalue weighted by Gasteiger charge is 2.18. The topological polar surface area (TPSA) is 67.4 Å². The van der Waals surface area contributed by atoms with E-state index in [0.717, 1.165) is 5.56 Å². The standard InChI is InChI=1S/C14H20N2O3/c1-10(2)15-14(18)16-12(9-13(17)19-3)11-7-5-4-6-8-11/h4-8,10,12H,9H2,1-3H3,(H2,15,16,18). The normalized spacial score (nSPS) is 11.8.